The summed E-state index contributed by atoms with van der Waals surface area (Å²) >= 11 is 0. The first-order valence-corrected chi connectivity index (χ1v) is 12.4. The molecule has 0 aromatic heterocycles. The van der Waals surface area contributed by atoms with Crippen LogP contribution >= 0.6 is 0 Å². The Balaban J connectivity index is 1.74. The summed E-state index contributed by atoms with van der Waals surface area (Å²) < 4.78 is 16.3. The Morgan fingerprint density at radius 1 is 0.872 bits per heavy atom. The number of esters is 1. The topological polar surface area (TPSA) is 111 Å². The van der Waals surface area contributed by atoms with Crippen molar-refractivity contribution in [2.45, 2.75) is 18.5 Å². The minimum absolute atomic E-state index is 0.202. The van der Waals surface area contributed by atoms with Gasteiger partial charge in [0.1, 0.15) is 11.5 Å². The summed E-state index contributed by atoms with van der Waals surface area (Å²) in [5.74, 6) is -3.12. The first-order valence-electron chi connectivity index (χ1n) is 12.4. The molecule has 3 aromatic carbocycles. The molecular formula is C30H28N2O7. The van der Waals surface area contributed by atoms with Crippen molar-refractivity contribution in [1.29, 1.82) is 0 Å². The average Bonchev–Trinajstić information content (AvgIpc) is 3.46. The smallest absolute Gasteiger partial charge is 0.331 e. The van der Waals surface area contributed by atoms with Crippen molar-refractivity contribution >= 4 is 29.3 Å². The summed E-state index contributed by atoms with van der Waals surface area (Å²) in [5, 5.41) is 3.35. The number of ketones is 1. The lowest BCUT2D eigenvalue weighted by molar-refractivity contribution is -0.152. The zero-order chi connectivity index (χ0) is 27.9. The van der Waals surface area contributed by atoms with Gasteiger partial charge in [-0.1, -0.05) is 48.5 Å². The highest BCUT2D eigenvalue weighted by Gasteiger charge is 2.70. The zero-order valence-corrected chi connectivity index (χ0v) is 22.0. The number of amides is 2. The van der Waals surface area contributed by atoms with Crippen LogP contribution in [0.5, 0.6) is 11.5 Å². The molecule has 2 aliphatic heterocycles. The van der Waals surface area contributed by atoms with E-state index >= 15 is 0 Å². The molecule has 39 heavy (non-hydrogen) atoms. The van der Waals surface area contributed by atoms with E-state index in [9.17, 15) is 19.2 Å². The summed E-state index contributed by atoms with van der Waals surface area (Å²) in [6.45, 7) is 1.41. The number of anilines is 1. The number of carbonyl (C=O) groups is 4. The highest BCUT2D eigenvalue weighted by molar-refractivity contribution is 6.24. The number of rotatable bonds is 7. The summed E-state index contributed by atoms with van der Waals surface area (Å²) in [6, 6.07) is 19.5. The van der Waals surface area contributed by atoms with E-state index in [2.05, 4.69) is 5.32 Å². The van der Waals surface area contributed by atoms with Gasteiger partial charge in [-0.25, -0.2) is 9.69 Å². The molecule has 5 rings (SSSR count). The summed E-state index contributed by atoms with van der Waals surface area (Å²) in [7, 11) is 4.28. The van der Waals surface area contributed by atoms with E-state index in [1.54, 1.807) is 66.7 Å². The fourth-order valence-electron chi connectivity index (χ4n) is 5.80. The number of fused-ring (bicyclic) bond motifs is 1. The highest BCUT2D eigenvalue weighted by Crippen LogP contribution is 2.55. The van der Waals surface area contributed by atoms with Gasteiger partial charge in [0.15, 0.2) is 11.3 Å². The Labute approximate surface area is 225 Å². The van der Waals surface area contributed by atoms with Crippen molar-refractivity contribution in [3.8, 4) is 11.5 Å². The molecule has 0 unspecified atom stereocenters. The van der Waals surface area contributed by atoms with Crippen molar-refractivity contribution in [2.24, 2.45) is 11.8 Å². The van der Waals surface area contributed by atoms with Crippen LogP contribution in [0.1, 0.15) is 34.5 Å². The first kappa shape index (κ1) is 26.1. The predicted octanol–water partition coefficient (Wildman–Crippen LogP) is 3.43. The molecule has 200 valence electrons. The molecule has 2 amide bonds. The number of Topliss-reactive ketones (excluding diaryl/α,β-unsaturated/α-hetero) is 1. The van der Waals surface area contributed by atoms with Crippen LogP contribution in [0.15, 0.2) is 72.8 Å². The second-order valence-corrected chi connectivity index (χ2v) is 9.52. The maximum absolute atomic E-state index is 14.2. The Hall–Kier alpha value is -4.50. The Kier molecular flexibility index (Phi) is 6.69. The van der Waals surface area contributed by atoms with Gasteiger partial charge in [-0.3, -0.25) is 19.7 Å². The van der Waals surface area contributed by atoms with Crippen LogP contribution in [0.2, 0.25) is 0 Å². The Bertz CT molecular complexity index is 1470. The van der Waals surface area contributed by atoms with E-state index in [-0.39, 0.29) is 11.5 Å². The van der Waals surface area contributed by atoms with Crippen LogP contribution < -0.4 is 19.7 Å². The molecule has 2 fully saturated rings. The third kappa shape index (κ3) is 3.97. The summed E-state index contributed by atoms with van der Waals surface area (Å²) in [6.07, 6.45) is 0. The lowest BCUT2D eigenvalue weighted by atomic mass is 9.75. The Morgan fingerprint density at radius 3 is 2.26 bits per heavy atom. The van der Waals surface area contributed by atoms with Gasteiger partial charge >= 0.3 is 5.97 Å². The minimum atomic E-state index is -1.67. The van der Waals surface area contributed by atoms with Gasteiger partial charge in [0.25, 0.3) is 0 Å². The van der Waals surface area contributed by atoms with Crippen LogP contribution in [-0.4, -0.2) is 44.9 Å². The molecule has 0 spiro atoms. The van der Waals surface area contributed by atoms with Crippen LogP contribution in [0.25, 0.3) is 0 Å². The van der Waals surface area contributed by atoms with Crippen LogP contribution in [-0.2, 0) is 24.7 Å². The van der Waals surface area contributed by atoms with Crippen LogP contribution in [0.3, 0.4) is 0 Å². The number of nitrogens with one attached hydrogen (secondary N) is 1. The van der Waals surface area contributed by atoms with Gasteiger partial charge in [-0.15, -0.1) is 0 Å². The molecule has 9 heteroatoms. The van der Waals surface area contributed by atoms with Gasteiger partial charge in [0.05, 0.1) is 38.9 Å². The number of benzene rings is 3. The van der Waals surface area contributed by atoms with Gasteiger partial charge < -0.3 is 14.2 Å². The fraction of sp³-hybridized carbons (Fsp3) is 0.267. The van der Waals surface area contributed by atoms with Gasteiger partial charge in [0, 0.05) is 23.2 Å². The second-order valence-electron chi connectivity index (χ2n) is 9.52. The number of carbonyl (C=O) groups excluding carboxylic acids is 4. The minimum Gasteiger partial charge on any atom is -0.497 e. The van der Waals surface area contributed by atoms with Crippen LogP contribution in [0, 0.1) is 11.8 Å². The predicted molar refractivity (Wildman–Crippen MR) is 141 cm³/mol. The standard InChI is InChI=1S/C30H28N2O7/c1-17(33)18-9-8-12-20(15-18)32-27(34)24-25(28(32)35)30(29(36)39-4,19-10-6-5-7-11-19)31-26(24)22-14-13-21(37-2)16-23(22)38-3/h5-16,24-26,31H,1-4H3/t24-,25+,26+,30+/m0/s1. The van der Waals surface area contributed by atoms with Crippen molar-refractivity contribution in [2.75, 3.05) is 26.2 Å². The molecule has 2 heterocycles. The third-order valence-corrected chi connectivity index (χ3v) is 7.58. The molecule has 0 bridgehead atoms. The van der Waals surface area contributed by atoms with Crippen molar-refractivity contribution in [3.63, 3.8) is 0 Å². The number of hydrogen-bond acceptors (Lipinski definition) is 8. The van der Waals surface area contributed by atoms with E-state index < -0.39 is 41.2 Å². The number of imide groups is 1. The molecule has 2 aliphatic rings. The number of hydrogen-bond donors (Lipinski definition) is 1. The van der Waals surface area contributed by atoms with E-state index in [1.165, 1.54) is 34.3 Å². The first-order chi connectivity index (χ1) is 18.8. The van der Waals surface area contributed by atoms with Crippen molar-refractivity contribution in [3.05, 3.63) is 89.5 Å². The quantitative estimate of drug-likeness (QED) is 0.282. The second kappa shape index (κ2) is 9.99. The molecule has 0 aliphatic carbocycles. The molecule has 0 radical (unpaired) electrons. The molecule has 2 saturated heterocycles. The molecule has 1 N–H and O–H groups in total. The number of methoxy groups -OCH3 is 3. The molecule has 3 aromatic rings. The number of nitrogens with zero attached hydrogens (tertiary/aromatic N) is 1. The maximum atomic E-state index is 14.2. The highest BCUT2D eigenvalue weighted by atomic mass is 16.5. The zero-order valence-electron chi connectivity index (χ0n) is 22.0. The van der Waals surface area contributed by atoms with Crippen molar-refractivity contribution < 1.29 is 33.4 Å². The lowest BCUT2D eigenvalue weighted by Crippen LogP contribution is -2.53. The van der Waals surface area contributed by atoms with Crippen molar-refractivity contribution in [1.82, 2.24) is 5.32 Å². The van der Waals surface area contributed by atoms with E-state index in [0.717, 1.165) is 4.90 Å². The summed E-state index contributed by atoms with van der Waals surface area (Å²) in [5.41, 5.74) is 0.0202. The SMILES string of the molecule is COC(=O)[C@]1(c2ccccc2)N[C@H](c2ccc(OC)cc2OC)[C@H]2C(=O)N(c3cccc(C(C)=O)c3)C(=O)[C@@H]21. The summed E-state index contributed by atoms with van der Waals surface area (Å²) in [4.78, 5) is 55.2. The third-order valence-electron chi connectivity index (χ3n) is 7.58. The fourth-order valence-corrected chi connectivity index (χ4v) is 5.80. The normalized spacial score (nSPS) is 23.9. The average molecular weight is 529 g/mol. The molecular weight excluding hydrogens is 500 g/mol. The molecule has 9 nitrogen and oxygen atoms in total. The number of ether oxygens (including phenoxy) is 3. The van der Waals surface area contributed by atoms with Gasteiger partial charge in [-0.2, -0.15) is 0 Å². The van der Waals surface area contributed by atoms with E-state index in [0.29, 0.717) is 28.2 Å². The largest absolute Gasteiger partial charge is 0.497 e. The monoisotopic (exact) mass is 528 g/mol. The lowest BCUT2D eigenvalue weighted by Gasteiger charge is -2.33. The van der Waals surface area contributed by atoms with Gasteiger partial charge in [-0.05, 0) is 30.7 Å². The van der Waals surface area contributed by atoms with E-state index in [1.807, 2.05) is 0 Å². The molecule has 4 atom stereocenters. The maximum Gasteiger partial charge on any atom is 0.331 e. The van der Waals surface area contributed by atoms with E-state index in [4.69, 9.17) is 14.2 Å². The Morgan fingerprint density at radius 2 is 1.62 bits per heavy atom. The molecule has 0 saturated carbocycles. The van der Waals surface area contributed by atoms with Gasteiger partial charge in [0.2, 0.25) is 11.8 Å². The van der Waals surface area contributed by atoms with Crippen LogP contribution in [0.4, 0.5) is 5.69 Å².